The number of nitrogens with zero attached hydrogens (tertiary/aromatic N) is 2. The first-order chi connectivity index (χ1) is 22.1. The average Bonchev–Trinajstić information content (AvgIpc) is 3.43. The second kappa shape index (κ2) is 10.5. The van der Waals surface area contributed by atoms with Gasteiger partial charge in [0, 0.05) is 11.1 Å². The van der Waals surface area contributed by atoms with Crippen LogP contribution >= 0.6 is 0 Å². The van der Waals surface area contributed by atoms with Gasteiger partial charge < -0.3 is 0 Å². The van der Waals surface area contributed by atoms with Gasteiger partial charge >= 0.3 is 12.4 Å². The van der Waals surface area contributed by atoms with E-state index in [4.69, 9.17) is 12.8 Å². The zero-order chi connectivity index (χ0) is 34.1. The number of carbonyl (C=O) groups excluding carboxylic acids is 4. The number of imide groups is 2. The highest BCUT2D eigenvalue weighted by molar-refractivity contribution is 6.35. The fourth-order valence-corrected chi connectivity index (χ4v) is 5.81. The molecule has 0 atom stereocenters. The van der Waals surface area contributed by atoms with E-state index in [1.165, 1.54) is 48.5 Å². The Morgan fingerprint density at radius 2 is 0.787 bits per heavy atom. The minimum Gasteiger partial charge on any atom is -0.268 e. The van der Waals surface area contributed by atoms with Gasteiger partial charge in [0.05, 0.1) is 33.6 Å². The van der Waals surface area contributed by atoms with Crippen LogP contribution < -0.4 is 9.80 Å². The minimum atomic E-state index is -6.10. The molecule has 4 amide bonds. The molecule has 0 saturated heterocycles. The van der Waals surface area contributed by atoms with Gasteiger partial charge in [-0.3, -0.25) is 19.2 Å². The normalized spacial score (nSPS) is 14.6. The van der Waals surface area contributed by atoms with E-state index >= 15 is 26.3 Å². The van der Waals surface area contributed by atoms with E-state index in [1.807, 2.05) is 0 Å². The van der Waals surface area contributed by atoms with Crippen LogP contribution in [0.5, 0.6) is 0 Å². The second-order valence-electron chi connectivity index (χ2n) is 10.5. The third-order valence-electron chi connectivity index (χ3n) is 8.07. The molecule has 0 radical (unpaired) electrons. The van der Waals surface area contributed by atoms with Crippen molar-refractivity contribution >= 4 is 35.0 Å². The largest absolute Gasteiger partial charge is 0.411 e. The highest BCUT2D eigenvalue weighted by atomic mass is 19.4. The summed E-state index contributed by atoms with van der Waals surface area (Å²) in [7, 11) is 0. The lowest BCUT2D eigenvalue weighted by molar-refractivity contribution is -0.288. The summed E-state index contributed by atoms with van der Waals surface area (Å²) in [6.07, 6.45) is -1.56. The number of benzene rings is 4. The smallest absolute Gasteiger partial charge is 0.268 e. The van der Waals surface area contributed by atoms with Crippen LogP contribution in [0, 0.1) is 24.7 Å². The van der Waals surface area contributed by atoms with Crippen molar-refractivity contribution in [3.05, 3.63) is 129 Å². The van der Waals surface area contributed by atoms with Crippen LogP contribution in [0.3, 0.4) is 0 Å². The number of rotatable bonds is 4. The Balaban J connectivity index is 1.49. The molecular formula is C35H16F6N2O4. The molecule has 0 unspecified atom stereocenters. The van der Waals surface area contributed by atoms with Crippen molar-refractivity contribution in [2.75, 3.05) is 9.80 Å². The van der Waals surface area contributed by atoms with Crippen molar-refractivity contribution in [2.24, 2.45) is 0 Å². The van der Waals surface area contributed by atoms with Gasteiger partial charge in [0.25, 0.3) is 23.6 Å². The number of hydrogen-bond donors (Lipinski definition) is 0. The standard InChI is InChI=1S/C35H16F6N2O4/c1-3-19-5-11-23(12-6-19)42-29(44)25-15-9-21(17-27(25)31(42)46)33(34(36,37)38,35(39,40)41)22-10-16-26-28(18-22)32(47)43(30(26)45)24-13-7-20(4-2)8-14-24/h1-2,5-18H. The van der Waals surface area contributed by atoms with Gasteiger partial charge in [-0.05, 0) is 83.9 Å². The summed E-state index contributed by atoms with van der Waals surface area (Å²) in [6.45, 7) is 0. The lowest BCUT2D eigenvalue weighted by atomic mass is 9.71. The molecule has 0 aliphatic carbocycles. The highest BCUT2D eigenvalue weighted by Crippen LogP contribution is 2.57. The van der Waals surface area contributed by atoms with Crippen LogP contribution in [-0.2, 0) is 5.41 Å². The van der Waals surface area contributed by atoms with Gasteiger partial charge in [-0.1, -0.05) is 24.0 Å². The summed E-state index contributed by atoms with van der Waals surface area (Å²) < 4.78 is 90.3. The lowest BCUT2D eigenvalue weighted by Gasteiger charge is -2.38. The van der Waals surface area contributed by atoms with Gasteiger partial charge in [-0.2, -0.15) is 26.3 Å². The van der Waals surface area contributed by atoms with E-state index in [0.717, 1.165) is 12.1 Å². The number of anilines is 2. The number of alkyl halides is 6. The first-order valence-corrected chi connectivity index (χ1v) is 13.5. The number of hydrogen-bond acceptors (Lipinski definition) is 4. The molecule has 232 valence electrons. The molecular weight excluding hydrogens is 626 g/mol. The fraction of sp³-hybridized carbons (Fsp3) is 0.0857. The fourth-order valence-electron chi connectivity index (χ4n) is 5.81. The number of amides is 4. The number of fused-ring (bicyclic) bond motifs is 2. The Kier molecular flexibility index (Phi) is 6.87. The van der Waals surface area contributed by atoms with E-state index in [-0.39, 0.29) is 11.4 Å². The first-order valence-electron chi connectivity index (χ1n) is 13.5. The predicted octanol–water partition coefficient (Wildman–Crippen LogP) is 6.66. The van der Waals surface area contributed by atoms with Crippen LogP contribution in [0.4, 0.5) is 37.7 Å². The van der Waals surface area contributed by atoms with Crippen molar-refractivity contribution < 1.29 is 45.5 Å². The SMILES string of the molecule is C#Cc1ccc(N2C(=O)c3ccc(C(c4ccc5c(c4)C(=O)N(c4ccc(C#C)cc4)C5=O)(C(F)(F)F)C(F)(F)F)cc3C2=O)cc1. The van der Waals surface area contributed by atoms with Crippen LogP contribution in [0.15, 0.2) is 84.9 Å². The van der Waals surface area contributed by atoms with E-state index < -0.39 is 74.8 Å². The number of carbonyl (C=O) groups is 4. The summed E-state index contributed by atoms with van der Waals surface area (Å²) in [6, 6.07) is 14.0. The van der Waals surface area contributed by atoms with Crippen LogP contribution in [-0.4, -0.2) is 36.0 Å². The molecule has 0 bridgehead atoms. The molecule has 6 rings (SSSR count). The number of terminal acetylenes is 2. The minimum absolute atomic E-state index is 0.00468. The summed E-state index contributed by atoms with van der Waals surface area (Å²) in [5.41, 5.74) is -9.09. The molecule has 12 heteroatoms. The zero-order valence-electron chi connectivity index (χ0n) is 23.5. The molecule has 47 heavy (non-hydrogen) atoms. The maximum Gasteiger partial charge on any atom is 0.411 e. The van der Waals surface area contributed by atoms with E-state index in [9.17, 15) is 19.2 Å². The third-order valence-corrected chi connectivity index (χ3v) is 8.07. The van der Waals surface area contributed by atoms with Crippen molar-refractivity contribution in [3.8, 4) is 24.7 Å². The molecule has 0 saturated carbocycles. The molecule has 4 aromatic carbocycles. The Morgan fingerprint density at radius 1 is 0.468 bits per heavy atom. The number of halogens is 6. The Hall–Kier alpha value is -6.14. The van der Waals surface area contributed by atoms with E-state index in [1.54, 1.807) is 0 Å². The summed E-state index contributed by atoms with van der Waals surface area (Å²) in [4.78, 5) is 54.1. The summed E-state index contributed by atoms with van der Waals surface area (Å²) in [5.74, 6) is 0.437. The maximum atomic E-state index is 15.0. The quantitative estimate of drug-likeness (QED) is 0.142. The van der Waals surface area contributed by atoms with Crippen LogP contribution in [0.2, 0.25) is 0 Å². The van der Waals surface area contributed by atoms with Crippen molar-refractivity contribution in [1.82, 2.24) is 0 Å². The average molecular weight is 643 g/mol. The molecule has 0 N–H and O–H groups in total. The predicted molar refractivity (Wildman–Crippen MR) is 157 cm³/mol. The van der Waals surface area contributed by atoms with Crippen molar-refractivity contribution in [3.63, 3.8) is 0 Å². The zero-order valence-corrected chi connectivity index (χ0v) is 23.5. The highest BCUT2D eigenvalue weighted by Gasteiger charge is 2.73. The first kappa shape index (κ1) is 30.9. The van der Waals surface area contributed by atoms with Crippen molar-refractivity contribution in [1.29, 1.82) is 0 Å². The molecule has 2 heterocycles. The van der Waals surface area contributed by atoms with E-state index in [0.29, 0.717) is 45.2 Å². The van der Waals surface area contributed by atoms with Gasteiger partial charge in [-0.15, -0.1) is 12.8 Å². The third kappa shape index (κ3) is 4.41. The van der Waals surface area contributed by atoms with Gasteiger partial charge in [0.1, 0.15) is 0 Å². The van der Waals surface area contributed by atoms with Crippen LogP contribution in [0.1, 0.15) is 63.7 Å². The Bertz CT molecular complexity index is 1970. The summed E-state index contributed by atoms with van der Waals surface area (Å²) >= 11 is 0. The van der Waals surface area contributed by atoms with E-state index in [2.05, 4.69) is 11.8 Å². The molecule has 4 aromatic rings. The Labute approximate surface area is 262 Å². The van der Waals surface area contributed by atoms with Crippen LogP contribution in [0.25, 0.3) is 0 Å². The van der Waals surface area contributed by atoms with Crippen molar-refractivity contribution in [2.45, 2.75) is 17.8 Å². The Morgan fingerprint density at radius 3 is 1.09 bits per heavy atom. The topological polar surface area (TPSA) is 74.8 Å². The van der Waals surface area contributed by atoms with Gasteiger partial charge in [0.2, 0.25) is 5.41 Å². The molecule has 6 nitrogen and oxygen atoms in total. The monoisotopic (exact) mass is 642 g/mol. The lowest BCUT2D eigenvalue weighted by Crippen LogP contribution is -2.55. The second-order valence-corrected chi connectivity index (χ2v) is 10.5. The molecule has 2 aliphatic rings. The molecule has 0 aromatic heterocycles. The van der Waals surface area contributed by atoms with Gasteiger partial charge in [-0.25, -0.2) is 9.80 Å². The maximum absolute atomic E-state index is 15.0. The van der Waals surface area contributed by atoms with Gasteiger partial charge in [0.15, 0.2) is 0 Å². The molecule has 2 aliphatic heterocycles. The molecule has 0 spiro atoms. The molecule has 0 fully saturated rings. The summed E-state index contributed by atoms with van der Waals surface area (Å²) in [5, 5.41) is 0.